The molecule has 142 valence electrons. The maximum absolute atomic E-state index is 12.7. The summed E-state index contributed by atoms with van der Waals surface area (Å²) in [6.45, 7) is 3.26. The normalized spacial score (nSPS) is 16.0. The Morgan fingerprint density at radius 1 is 1.15 bits per heavy atom. The summed E-state index contributed by atoms with van der Waals surface area (Å²) in [5.74, 6) is 0.983. The molecule has 0 saturated carbocycles. The summed E-state index contributed by atoms with van der Waals surface area (Å²) < 4.78 is 0. The number of pyridine rings is 1. The van der Waals surface area contributed by atoms with Gasteiger partial charge in [0.25, 0.3) is 0 Å². The number of carbonyl (C=O) groups excluding carboxylic acids is 2. The van der Waals surface area contributed by atoms with Gasteiger partial charge in [-0.05, 0) is 37.5 Å². The van der Waals surface area contributed by atoms with E-state index in [1.54, 1.807) is 36.3 Å². The van der Waals surface area contributed by atoms with Crippen molar-refractivity contribution in [2.75, 3.05) is 18.4 Å². The standard InChI is InChI=1S/C21H25N3O2S/c1-16(27-15-17-5-3-2-4-6-17)21(26)24-13-9-18(10-14-24)20(25)23-19-7-11-22-12-8-19/h2-8,11-12,16,18H,9-10,13-15H2,1H3,(H,22,23,25)/t16-/m0/s1. The van der Waals surface area contributed by atoms with E-state index in [0.29, 0.717) is 25.9 Å². The molecule has 2 heterocycles. The molecule has 5 nitrogen and oxygen atoms in total. The lowest BCUT2D eigenvalue weighted by atomic mass is 9.95. The van der Waals surface area contributed by atoms with Crippen molar-refractivity contribution < 1.29 is 9.59 Å². The van der Waals surface area contributed by atoms with Crippen molar-refractivity contribution in [2.45, 2.75) is 30.8 Å². The van der Waals surface area contributed by atoms with E-state index in [2.05, 4.69) is 22.4 Å². The van der Waals surface area contributed by atoms with Crippen LogP contribution in [-0.2, 0) is 15.3 Å². The van der Waals surface area contributed by atoms with E-state index in [-0.39, 0.29) is 23.0 Å². The molecule has 1 aromatic carbocycles. The molecule has 3 rings (SSSR count). The van der Waals surface area contributed by atoms with E-state index >= 15 is 0 Å². The molecule has 1 aliphatic rings. The fraction of sp³-hybridized carbons (Fsp3) is 0.381. The van der Waals surface area contributed by atoms with Gasteiger partial charge in [-0.15, -0.1) is 11.8 Å². The number of nitrogens with zero attached hydrogens (tertiary/aromatic N) is 2. The number of hydrogen-bond acceptors (Lipinski definition) is 4. The summed E-state index contributed by atoms with van der Waals surface area (Å²) >= 11 is 1.66. The van der Waals surface area contributed by atoms with Gasteiger partial charge in [0.2, 0.25) is 11.8 Å². The van der Waals surface area contributed by atoms with Gasteiger partial charge in [-0.25, -0.2) is 0 Å². The zero-order valence-corrected chi connectivity index (χ0v) is 16.3. The third-order valence-electron chi connectivity index (χ3n) is 4.82. The van der Waals surface area contributed by atoms with Crippen LogP contribution in [-0.4, -0.2) is 40.0 Å². The Kier molecular flexibility index (Phi) is 6.87. The van der Waals surface area contributed by atoms with Crippen LogP contribution in [0.4, 0.5) is 5.69 Å². The van der Waals surface area contributed by atoms with Crippen molar-refractivity contribution in [1.29, 1.82) is 0 Å². The fourth-order valence-electron chi connectivity index (χ4n) is 3.17. The van der Waals surface area contributed by atoms with E-state index in [9.17, 15) is 9.59 Å². The molecule has 0 radical (unpaired) electrons. The third-order valence-corrected chi connectivity index (χ3v) is 6.02. The number of likely N-dealkylation sites (tertiary alicyclic amines) is 1. The second-order valence-electron chi connectivity index (χ2n) is 6.76. The van der Waals surface area contributed by atoms with Crippen molar-refractivity contribution in [2.24, 2.45) is 5.92 Å². The van der Waals surface area contributed by atoms with E-state index in [4.69, 9.17) is 0 Å². The van der Waals surface area contributed by atoms with Gasteiger partial charge >= 0.3 is 0 Å². The number of thioether (sulfide) groups is 1. The molecule has 0 bridgehead atoms. The molecule has 6 heteroatoms. The quantitative estimate of drug-likeness (QED) is 0.828. The molecule has 2 amide bonds. The summed E-state index contributed by atoms with van der Waals surface area (Å²) in [5.41, 5.74) is 1.99. The highest BCUT2D eigenvalue weighted by Crippen LogP contribution is 2.24. The first-order chi connectivity index (χ1) is 13.1. The largest absolute Gasteiger partial charge is 0.342 e. The Balaban J connectivity index is 1.43. The second-order valence-corrected chi connectivity index (χ2v) is 8.09. The van der Waals surface area contributed by atoms with Crippen LogP contribution in [0.1, 0.15) is 25.3 Å². The van der Waals surface area contributed by atoms with Crippen molar-refractivity contribution in [3.63, 3.8) is 0 Å². The van der Waals surface area contributed by atoms with Crippen LogP contribution in [0.15, 0.2) is 54.9 Å². The average molecular weight is 384 g/mol. The van der Waals surface area contributed by atoms with E-state index < -0.39 is 0 Å². The van der Waals surface area contributed by atoms with Gasteiger partial charge in [-0.2, -0.15) is 0 Å². The minimum Gasteiger partial charge on any atom is -0.342 e. The Hall–Kier alpha value is -2.34. The van der Waals surface area contributed by atoms with Gasteiger partial charge in [0, 0.05) is 42.8 Å². The van der Waals surface area contributed by atoms with Crippen LogP contribution < -0.4 is 5.32 Å². The first kappa shape index (κ1) is 19.4. The minimum absolute atomic E-state index is 0.0276. The number of rotatable bonds is 6. The zero-order valence-electron chi connectivity index (χ0n) is 15.5. The predicted molar refractivity (Wildman–Crippen MR) is 109 cm³/mol. The van der Waals surface area contributed by atoms with Crippen molar-refractivity contribution in [1.82, 2.24) is 9.88 Å². The van der Waals surface area contributed by atoms with Crippen LogP contribution >= 0.6 is 11.8 Å². The Morgan fingerprint density at radius 2 is 1.81 bits per heavy atom. The van der Waals surface area contributed by atoms with Crippen molar-refractivity contribution in [3.05, 3.63) is 60.4 Å². The summed E-state index contributed by atoms with van der Waals surface area (Å²) in [4.78, 5) is 30.9. The summed E-state index contributed by atoms with van der Waals surface area (Å²) in [5, 5.41) is 2.85. The van der Waals surface area contributed by atoms with Crippen LogP contribution in [0.3, 0.4) is 0 Å². The van der Waals surface area contributed by atoms with E-state index in [0.717, 1.165) is 11.4 Å². The molecule has 1 N–H and O–H groups in total. The lowest BCUT2D eigenvalue weighted by Gasteiger charge is -2.33. The number of amides is 2. The van der Waals surface area contributed by atoms with Gasteiger partial charge in [-0.3, -0.25) is 14.6 Å². The van der Waals surface area contributed by atoms with Crippen LogP contribution in [0, 0.1) is 5.92 Å². The minimum atomic E-state index is -0.0765. The maximum atomic E-state index is 12.7. The molecule has 1 atom stereocenters. The molecule has 1 fully saturated rings. The molecule has 0 unspecified atom stereocenters. The highest BCUT2D eigenvalue weighted by Gasteiger charge is 2.29. The lowest BCUT2D eigenvalue weighted by molar-refractivity contribution is -0.133. The molecule has 1 aliphatic heterocycles. The van der Waals surface area contributed by atoms with Crippen LogP contribution in [0.25, 0.3) is 0 Å². The van der Waals surface area contributed by atoms with Gasteiger partial charge in [0.05, 0.1) is 5.25 Å². The summed E-state index contributed by atoms with van der Waals surface area (Å²) in [7, 11) is 0. The number of carbonyl (C=O) groups is 2. The number of anilines is 1. The summed E-state index contributed by atoms with van der Waals surface area (Å²) in [6.07, 6.45) is 4.73. The molecule has 0 aliphatic carbocycles. The highest BCUT2D eigenvalue weighted by molar-refractivity contribution is 7.99. The smallest absolute Gasteiger partial charge is 0.235 e. The maximum Gasteiger partial charge on any atom is 0.235 e. The van der Waals surface area contributed by atoms with Gasteiger partial charge in [0.1, 0.15) is 0 Å². The Labute approximate surface area is 164 Å². The predicted octanol–water partition coefficient (Wildman–Crippen LogP) is 3.58. The number of benzene rings is 1. The van der Waals surface area contributed by atoms with Crippen LogP contribution in [0.5, 0.6) is 0 Å². The highest BCUT2D eigenvalue weighted by atomic mass is 32.2. The molecule has 2 aromatic rings. The molecular weight excluding hydrogens is 358 g/mol. The second kappa shape index (κ2) is 9.55. The topological polar surface area (TPSA) is 62.3 Å². The zero-order chi connectivity index (χ0) is 19.1. The first-order valence-corrected chi connectivity index (χ1v) is 10.3. The molecule has 0 spiro atoms. The molecule has 1 aromatic heterocycles. The average Bonchev–Trinajstić information content (AvgIpc) is 2.73. The van der Waals surface area contributed by atoms with Crippen LogP contribution in [0.2, 0.25) is 0 Å². The Bertz CT molecular complexity index is 747. The molecule has 1 saturated heterocycles. The van der Waals surface area contributed by atoms with Gasteiger partial charge in [0.15, 0.2) is 0 Å². The third kappa shape index (κ3) is 5.57. The van der Waals surface area contributed by atoms with Gasteiger partial charge in [-0.1, -0.05) is 30.3 Å². The fourth-order valence-corrected chi connectivity index (χ4v) is 4.09. The van der Waals surface area contributed by atoms with Gasteiger partial charge < -0.3 is 10.2 Å². The first-order valence-electron chi connectivity index (χ1n) is 9.28. The molecular formula is C21H25N3O2S. The Morgan fingerprint density at radius 3 is 2.48 bits per heavy atom. The number of piperidine rings is 1. The number of nitrogens with one attached hydrogen (secondary N) is 1. The SMILES string of the molecule is C[C@H](SCc1ccccc1)C(=O)N1CCC(C(=O)Nc2ccncc2)CC1. The lowest BCUT2D eigenvalue weighted by Crippen LogP contribution is -2.44. The van der Waals surface area contributed by atoms with Crippen molar-refractivity contribution in [3.8, 4) is 0 Å². The van der Waals surface area contributed by atoms with E-state index in [1.807, 2.05) is 30.0 Å². The number of aromatic nitrogens is 1. The summed E-state index contributed by atoms with van der Waals surface area (Å²) in [6, 6.07) is 13.8. The van der Waals surface area contributed by atoms with E-state index in [1.165, 1.54) is 5.56 Å². The monoisotopic (exact) mass is 383 g/mol. The van der Waals surface area contributed by atoms with Crippen molar-refractivity contribution >= 4 is 29.3 Å². The molecule has 27 heavy (non-hydrogen) atoms. The number of hydrogen-bond donors (Lipinski definition) is 1.